The lowest BCUT2D eigenvalue weighted by Crippen LogP contribution is -2.24. The third-order valence-corrected chi connectivity index (χ3v) is 4.52. The van der Waals surface area contributed by atoms with Gasteiger partial charge in [-0.3, -0.25) is 5.43 Å². The number of hydrogen-bond acceptors (Lipinski definition) is 6. The molecule has 126 valence electrons. The van der Waals surface area contributed by atoms with Gasteiger partial charge in [-0.05, 0) is 12.5 Å². The number of nitrogens with zero attached hydrogens (tertiary/aromatic N) is 2. The van der Waals surface area contributed by atoms with Crippen molar-refractivity contribution in [2.24, 2.45) is 5.10 Å². The van der Waals surface area contributed by atoms with Gasteiger partial charge in [0.15, 0.2) is 0 Å². The van der Waals surface area contributed by atoms with E-state index in [1.807, 2.05) is 67.6 Å². The van der Waals surface area contributed by atoms with Crippen LogP contribution in [0.3, 0.4) is 0 Å². The van der Waals surface area contributed by atoms with Crippen molar-refractivity contribution < 1.29 is 9.90 Å². The van der Waals surface area contributed by atoms with Crippen molar-refractivity contribution in [3.8, 4) is 11.3 Å². The molecule has 1 aromatic heterocycles. The van der Waals surface area contributed by atoms with Crippen LogP contribution in [0.4, 0.5) is 5.13 Å². The molecule has 0 spiro atoms. The Morgan fingerprint density at radius 2 is 1.76 bits per heavy atom. The number of rotatable bonds is 6. The van der Waals surface area contributed by atoms with Crippen molar-refractivity contribution >= 4 is 28.1 Å². The van der Waals surface area contributed by atoms with Crippen molar-refractivity contribution in [2.75, 3.05) is 5.43 Å². The van der Waals surface area contributed by atoms with Gasteiger partial charge >= 0.3 is 0 Å². The Kier molecular flexibility index (Phi) is 5.20. The maximum absolute atomic E-state index is 11.0. The van der Waals surface area contributed by atoms with E-state index in [9.17, 15) is 9.90 Å². The number of aliphatic carboxylic acids is 1. The zero-order chi connectivity index (χ0) is 17.6. The molecule has 1 heterocycles. The highest BCUT2D eigenvalue weighted by molar-refractivity contribution is 7.16. The van der Waals surface area contributed by atoms with Crippen molar-refractivity contribution in [3.05, 3.63) is 71.1 Å². The molecule has 6 heteroatoms. The van der Waals surface area contributed by atoms with E-state index < -0.39 is 5.97 Å². The third-order valence-electron chi connectivity index (χ3n) is 3.56. The number of carbonyl (C=O) groups is 1. The van der Waals surface area contributed by atoms with Gasteiger partial charge in [0.1, 0.15) is 0 Å². The van der Waals surface area contributed by atoms with Crippen LogP contribution >= 0.6 is 11.3 Å². The highest BCUT2D eigenvalue weighted by atomic mass is 32.1. The van der Waals surface area contributed by atoms with Crippen molar-refractivity contribution in [3.63, 3.8) is 0 Å². The van der Waals surface area contributed by atoms with Gasteiger partial charge in [-0.2, -0.15) is 5.10 Å². The summed E-state index contributed by atoms with van der Waals surface area (Å²) in [4.78, 5) is 16.2. The van der Waals surface area contributed by atoms with Crippen LogP contribution < -0.4 is 10.5 Å². The zero-order valence-electron chi connectivity index (χ0n) is 13.6. The molecule has 25 heavy (non-hydrogen) atoms. The van der Waals surface area contributed by atoms with Crippen LogP contribution in [0.5, 0.6) is 0 Å². The Labute approximate surface area is 149 Å². The highest BCUT2D eigenvalue weighted by Gasteiger charge is 2.13. The second-order valence-corrected chi connectivity index (χ2v) is 6.46. The quantitative estimate of drug-likeness (QED) is 0.548. The fraction of sp³-hybridized carbons (Fsp3) is 0.105. The molecule has 0 saturated heterocycles. The summed E-state index contributed by atoms with van der Waals surface area (Å²) in [6.07, 6.45) is -0.176. The number of carboxylic acids is 1. The molecule has 1 N–H and O–H groups in total. The molecule has 0 amide bonds. The number of aromatic nitrogens is 1. The molecule has 0 aliphatic heterocycles. The van der Waals surface area contributed by atoms with Crippen LogP contribution in [0.2, 0.25) is 0 Å². The van der Waals surface area contributed by atoms with E-state index in [0.29, 0.717) is 15.7 Å². The standard InChI is InChI=1S/C19H17N3O2S/c1-13(14-8-4-2-5-9-14)21-22-19-20-18(15-10-6-3-7-11-15)16(25-19)12-17(23)24/h2-11H,12H2,1H3,(H,20,22)(H,23,24)/p-1/b21-13+. The summed E-state index contributed by atoms with van der Waals surface area (Å²) in [5, 5.41) is 15.9. The molecule has 3 rings (SSSR count). The maximum atomic E-state index is 11.0. The summed E-state index contributed by atoms with van der Waals surface area (Å²) >= 11 is 1.27. The molecular weight excluding hydrogens is 334 g/mol. The summed E-state index contributed by atoms with van der Waals surface area (Å²) in [7, 11) is 0. The smallest absolute Gasteiger partial charge is 0.204 e. The maximum Gasteiger partial charge on any atom is 0.204 e. The number of carboxylic acid groups (broad SMARTS) is 1. The van der Waals surface area contributed by atoms with Gasteiger partial charge in [-0.25, -0.2) is 4.98 Å². The van der Waals surface area contributed by atoms with Gasteiger partial charge in [0.2, 0.25) is 5.13 Å². The molecule has 0 bridgehead atoms. The summed E-state index contributed by atoms with van der Waals surface area (Å²) in [6, 6.07) is 19.3. The number of thiazole rings is 1. The monoisotopic (exact) mass is 350 g/mol. The fourth-order valence-electron chi connectivity index (χ4n) is 2.35. The first kappa shape index (κ1) is 16.9. The Morgan fingerprint density at radius 3 is 2.40 bits per heavy atom. The Morgan fingerprint density at radius 1 is 1.12 bits per heavy atom. The first-order valence-electron chi connectivity index (χ1n) is 7.74. The lowest BCUT2D eigenvalue weighted by atomic mass is 10.1. The topological polar surface area (TPSA) is 77.4 Å². The summed E-state index contributed by atoms with van der Waals surface area (Å²) in [6.45, 7) is 1.90. The Bertz CT molecular complexity index is 890. The van der Waals surface area contributed by atoms with Gasteiger partial charge in [-0.15, -0.1) is 0 Å². The second kappa shape index (κ2) is 7.72. The molecule has 0 radical (unpaired) electrons. The van der Waals surface area contributed by atoms with Crippen LogP contribution in [0, 0.1) is 0 Å². The Hall–Kier alpha value is -2.99. The molecule has 0 saturated carbocycles. The average Bonchev–Trinajstić information content (AvgIpc) is 3.03. The second-order valence-electron chi connectivity index (χ2n) is 5.38. The van der Waals surface area contributed by atoms with E-state index in [0.717, 1.165) is 16.8 Å². The first-order chi connectivity index (χ1) is 12.1. The van der Waals surface area contributed by atoms with E-state index in [1.54, 1.807) is 0 Å². The minimum absolute atomic E-state index is 0.176. The number of benzene rings is 2. The number of carbonyl (C=O) groups excluding carboxylic acids is 1. The lowest BCUT2D eigenvalue weighted by Gasteiger charge is -2.02. The molecule has 0 unspecified atom stereocenters. The summed E-state index contributed by atoms with van der Waals surface area (Å²) in [5.74, 6) is -1.13. The summed E-state index contributed by atoms with van der Waals surface area (Å²) < 4.78 is 0. The summed E-state index contributed by atoms with van der Waals surface area (Å²) in [5.41, 5.74) is 6.26. The molecule has 0 fully saturated rings. The molecular formula is C19H16N3O2S-. The molecule has 5 nitrogen and oxygen atoms in total. The predicted molar refractivity (Wildman–Crippen MR) is 98.5 cm³/mol. The van der Waals surface area contributed by atoms with Crippen LogP contribution in [0.25, 0.3) is 11.3 Å². The average molecular weight is 350 g/mol. The fourth-order valence-corrected chi connectivity index (χ4v) is 3.26. The zero-order valence-corrected chi connectivity index (χ0v) is 14.4. The normalized spacial score (nSPS) is 11.3. The third kappa shape index (κ3) is 4.30. The van der Waals surface area contributed by atoms with E-state index in [2.05, 4.69) is 15.5 Å². The van der Waals surface area contributed by atoms with Gasteiger partial charge in [0.05, 0.1) is 11.4 Å². The van der Waals surface area contributed by atoms with Gasteiger partial charge < -0.3 is 9.90 Å². The van der Waals surface area contributed by atoms with Crippen molar-refractivity contribution in [2.45, 2.75) is 13.3 Å². The van der Waals surface area contributed by atoms with Gasteiger partial charge in [-0.1, -0.05) is 72.0 Å². The minimum atomic E-state index is -1.13. The highest BCUT2D eigenvalue weighted by Crippen LogP contribution is 2.31. The Balaban J connectivity index is 1.87. The van der Waals surface area contributed by atoms with Crippen LogP contribution in [-0.2, 0) is 11.2 Å². The number of hydrazone groups is 1. The lowest BCUT2D eigenvalue weighted by molar-refractivity contribution is -0.304. The SMILES string of the molecule is C/C(=N\Nc1nc(-c2ccccc2)c(CC(=O)[O-])s1)c1ccccc1. The number of anilines is 1. The first-order valence-corrected chi connectivity index (χ1v) is 8.56. The van der Waals surface area contributed by atoms with E-state index in [-0.39, 0.29) is 6.42 Å². The van der Waals surface area contributed by atoms with Crippen LogP contribution in [0.15, 0.2) is 65.8 Å². The number of hydrogen-bond donors (Lipinski definition) is 1. The van der Waals surface area contributed by atoms with Crippen molar-refractivity contribution in [1.29, 1.82) is 0 Å². The van der Waals surface area contributed by atoms with Crippen LogP contribution in [-0.4, -0.2) is 16.7 Å². The largest absolute Gasteiger partial charge is 0.550 e. The minimum Gasteiger partial charge on any atom is -0.550 e. The molecule has 3 aromatic rings. The van der Waals surface area contributed by atoms with Gasteiger partial charge in [0.25, 0.3) is 0 Å². The molecule has 2 aromatic carbocycles. The van der Waals surface area contributed by atoms with E-state index in [1.165, 1.54) is 11.3 Å². The van der Waals surface area contributed by atoms with Gasteiger partial charge in [0, 0.05) is 22.8 Å². The van der Waals surface area contributed by atoms with Crippen molar-refractivity contribution in [1.82, 2.24) is 4.98 Å². The van der Waals surface area contributed by atoms with E-state index >= 15 is 0 Å². The predicted octanol–water partition coefficient (Wildman–Crippen LogP) is 2.94. The molecule has 0 atom stereocenters. The van der Waals surface area contributed by atoms with Crippen LogP contribution in [0.1, 0.15) is 17.4 Å². The molecule has 0 aliphatic carbocycles. The van der Waals surface area contributed by atoms with E-state index in [4.69, 9.17) is 0 Å². The number of nitrogens with one attached hydrogen (secondary N) is 1. The molecule has 0 aliphatic rings.